The SMILES string of the molecule is CN(c1ncc(N)cc1Br)C1CCC1. The van der Waals surface area contributed by atoms with Gasteiger partial charge in [0.1, 0.15) is 5.82 Å². The van der Waals surface area contributed by atoms with Gasteiger partial charge in [-0.3, -0.25) is 0 Å². The molecule has 1 heterocycles. The van der Waals surface area contributed by atoms with Gasteiger partial charge in [0.2, 0.25) is 0 Å². The number of nitrogens with two attached hydrogens (primary N) is 1. The Balaban J connectivity index is 2.22. The molecule has 76 valence electrons. The summed E-state index contributed by atoms with van der Waals surface area (Å²) in [4.78, 5) is 6.56. The van der Waals surface area contributed by atoms with Gasteiger partial charge < -0.3 is 10.6 Å². The number of aromatic nitrogens is 1. The predicted octanol–water partition coefficient (Wildman–Crippen LogP) is 2.42. The molecular weight excluding hydrogens is 242 g/mol. The Morgan fingerprint density at radius 3 is 2.79 bits per heavy atom. The lowest BCUT2D eigenvalue weighted by Crippen LogP contribution is -2.37. The minimum absolute atomic E-state index is 0.655. The second-order valence-electron chi connectivity index (χ2n) is 3.77. The first kappa shape index (κ1) is 9.77. The normalized spacial score (nSPS) is 16.4. The molecule has 0 saturated heterocycles. The smallest absolute Gasteiger partial charge is 0.143 e. The summed E-state index contributed by atoms with van der Waals surface area (Å²) < 4.78 is 0.979. The lowest BCUT2D eigenvalue weighted by molar-refractivity contribution is 0.399. The number of pyridine rings is 1. The van der Waals surface area contributed by atoms with Gasteiger partial charge in [-0.05, 0) is 41.3 Å². The summed E-state index contributed by atoms with van der Waals surface area (Å²) >= 11 is 3.49. The summed E-state index contributed by atoms with van der Waals surface area (Å²) in [5, 5.41) is 0. The molecule has 0 spiro atoms. The minimum atomic E-state index is 0.655. The van der Waals surface area contributed by atoms with Crippen LogP contribution in [0.4, 0.5) is 11.5 Å². The monoisotopic (exact) mass is 255 g/mol. The maximum absolute atomic E-state index is 5.64. The first-order chi connectivity index (χ1) is 6.68. The molecule has 0 amide bonds. The van der Waals surface area contributed by atoms with E-state index in [4.69, 9.17) is 5.73 Å². The Morgan fingerprint density at radius 2 is 2.29 bits per heavy atom. The van der Waals surface area contributed by atoms with E-state index in [1.165, 1.54) is 19.3 Å². The van der Waals surface area contributed by atoms with Crippen molar-refractivity contribution in [3.05, 3.63) is 16.7 Å². The zero-order chi connectivity index (χ0) is 10.1. The Hall–Kier alpha value is -0.770. The highest BCUT2D eigenvalue weighted by Crippen LogP contribution is 2.31. The summed E-state index contributed by atoms with van der Waals surface area (Å²) in [5.74, 6) is 0.990. The summed E-state index contributed by atoms with van der Waals surface area (Å²) in [7, 11) is 2.09. The molecule has 1 fully saturated rings. The van der Waals surface area contributed by atoms with Crippen molar-refractivity contribution >= 4 is 27.4 Å². The predicted molar refractivity (Wildman–Crippen MR) is 62.4 cm³/mol. The van der Waals surface area contributed by atoms with Crippen LogP contribution in [-0.2, 0) is 0 Å². The third-order valence-corrected chi connectivity index (χ3v) is 3.38. The number of rotatable bonds is 2. The Kier molecular flexibility index (Phi) is 2.63. The van der Waals surface area contributed by atoms with Gasteiger partial charge in [-0.1, -0.05) is 0 Å². The number of hydrogen-bond donors (Lipinski definition) is 1. The molecule has 1 aliphatic rings. The summed E-state index contributed by atoms with van der Waals surface area (Å²) in [5.41, 5.74) is 6.34. The van der Waals surface area contributed by atoms with E-state index >= 15 is 0 Å². The van der Waals surface area contributed by atoms with Crippen LogP contribution in [0.25, 0.3) is 0 Å². The standard InChI is InChI=1S/C10H14BrN3/c1-14(8-3-2-4-8)10-9(11)5-7(12)6-13-10/h5-6,8H,2-4,12H2,1H3. The van der Waals surface area contributed by atoms with Crippen LogP contribution in [0.1, 0.15) is 19.3 Å². The average Bonchev–Trinajstić information content (AvgIpc) is 2.00. The van der Waals surface area contributed by atoms with E-state index in [-0.39, 0.29) is 0 Å². The molecule has 2 N–H and O–H groups in total. The van der Waals surface area contributed by atoms with Crippen LogP contribution in [0.2, 0.25) is 0 Å². The lowest BCUT2D eigenvalue weighted by atomic mass is 9.92. The highest BCUT2D eigenvalue weighted by molar-refractivity contribution is 9.10. The Bertz CT molecular complexity index is 336. The van der Waals surface area contributed by atoms with E-state index in [9.17, 15) is 0 Å². The third kappa shape index (κ3) is 1.71. The van der Waals surface area contributed by atoms with Crippen molar-refractivity contribution in [2.24, 2.45) is 0 Å². The molecule has 0 radical (unpaired) electrons. The van der Waals surface area contributed by atoms with Crippen LogP contribution in [0, 0.1) is 0 Å². The maximum Gasteiger partial charge on any atom is 0.143 e. The highest BCUT2D eigenvalue weighted by atomic mass is 79.9. The molecule has 0 unspecified atom stereocenters. The van der Waals surface area contributed by atoms with Gasteiger partial charge >= 0.3 is 0 Å². The van der Waals surface area contributed by atoms with E-state index in [2.05, 4.69) is 32.9 Å². The van der Waals surface area contributed by atoms with Crippen molar-refractivity contribution in [2.45, 2.75) is 25.3 Å². The van der Waals surface area contributed by atoms with Gasteiger partial charge in [-0.25, -0.2) is 4.98 Å². The number of halogens is 1. The van der Waals surface area contributed by atoms with Gasteiger partial charge in [-0.2, -0.15) is 0 Å². The molecule has 1 aliphatic carbocycles. The first-order valence-corrected chi connectivity index (χ1v) is 5.61. The molecule has 1 aromatic rings. The summed E-state index contributed by atoms with van der Waals surface area (Å²) in [6, 6.07) is 2.56. The number of hydrogen-bond acceptors (Lipinski definition) is 3. The van der Waals surface area contributed by atoms with Crippen LogP contribution in [0.3, 0.4) is 0 Å². The van der Waals surface area contributed by atoms with Gasteiger partial charge in [0.05, 0.1) is 16.4 Å². The van der Waals surface area contributed by atoms with Crippen LogP contribution in [0.15, 0.2) is 16.7 Å². The molecule has 2 rings (SSSR count). The van der Waals surface area contributed by atoms with E-state index in [0.717, 1.165) is 10.3 Å². The van der Waals surface area contributed by atoms with Gasteiger partial charge in [-0.15, -0.1) is 0 Å². The van der Waals surface area contributed by atoms with Crippen molar-refractivity contribution in [2.75, 3.05) is 17.7 Å². The number of nitrogens with zero attached hydrogens (tertiary/aromatic N) is 2. The van der Waals surface area contributed by atoms with Crippen molar-refractivity contribution in [1.82, 2.24) is 4.98 Å². The number of nitrogen functional groups attached to an aromatic ring is 1. The number of anilines is 2. The fraction of sp³-hybridized carbons (Fsp3) is 0.500. The zero-order valence-electron chi connectivity index (χ0n) is 8.20. The van der Waals surface area contributed by atoms with E-state index in [1.54, 1.807) is 6.20 Å². The second kappa shape index (κ2) is 3.77. The van der Waals surface area contributed by atoms with E-state index < -0.39 is 0 Å². The van der Waals surface area contributed by atoms with Crippen LogP contribution in [0.5, 0.6) is 0 Å². The lowest BCUT2D eigenvalue weighted by Gasteiger charge is -2.36. The first-order valence-electron chi connectivity index (χ1n) is 4.82. The van der Waals surface area contributed by atoms with Crippen molar-refractivity contribution in [3.63, 3.8) is 0 Å². The molecule has 1 aromatic heterocycles. The van der Waals surface area contributed by atoms with Crippen molar-refractivity contribution in [3.8, 4) is 0 Å². The summed E-state index contributed by atoms with van der Waals surface area (Å²) in [6.07, 6.45) is 5.58. The van der Waals surface area contributed by atoms with Gasteiger partial charge in [0.15, 0.2) is 0 Å². The Labute approximate surface area is 92.4 Å². The second-order valence-corrected chi connectivity index (χ2v) is 4.62. The molecule has 1 saturated carbocycles. The molecule has 14 heavy (non-hydrogen) atoms. The molecule has 0 bridgehead atoms. The fourth-order valence-electron chi connectivity index (χ4n) is 1.65. The van der Waals surface area contributed by atoms with E-state index in [1.807, 2.05) is 6.07 Å². The molecule has 4 heteroatoms. The topological polar surface area (TPSA) is 42.2 Å². The quantitative estimate of drug-likeness (QED) is 0.883. The van der Waals surface area contributed by atoms with Gasteiger partial charge in [0, 0.05) is 13.1 Å². The summed E-state index contributed by atoms with van der Waals surface area (Å²) in [6.45, 7) is 0. The average molecular weight is 256 g/mol. The van der Waals surface area contributed by atoms with Crippen molar-refractivity contribution in [1.29, 1.82) is 0 Å². The van der Waals surface area contributed by atoms with Crippen molar-refractivity contribution < 1.29 is 0 Å². The molecule has 0 aliphatic heterocycles. The van der Waals surface area contributed by atoms with Gasteiger partial charge in [0.25, 0.3) is 0 Å². The largest absolute Gasteiger partial charge is 0.397 e. The minimum Gasteiger partial charge on any atom is -0.397 e. The van der Waals surface area contributed by atoms with E-state index in [0.29, 0.717) is 11.7 Å². The molecule has 0 atom stereocenters. The molecule has 3 nitrogen and oxygen atoms in total. The zero-order valence-corrected chi connectivity index (χ0v) is 9.79. The van der Waals surface area contributed by atoms with Crippen LogP contribution in [-0.4, -0.2) is 18.1 Å². The van der Waals surface area contributed by atoms with Crippen LogP contribution >= 0.6 is 15.9 Å². The molecular formula is C10H14BrN3. The van der Waals surface area contributed by atoms with Crippen LogP contribution < -0.4 is 10.6 Å². The third-order valence-electron chi connectivity index (χ3n) is 2.80. The Morgan fingerprint density at radius 1 is 1.57 bits per heavy atom. The highest BCUT2D eigenvalue weighted by Gasteiger charge is 2.24. The maximum atomic E-state index is 5.64. The fourth-order valence-corrected chi connectivity index (χ4v) is 2.30. The molecule has 0 aromatic carbocycles.